The van der Waals surface area contributed by atoms with E-state index in [4.69, 9.17) is 11.6 Å². The van der Waals surface area contributed by atoms with Crippen molar-refractivity contribution in [2.24, 2.45) is 23.2 Å². The molecule has 1 aromatic carbocycles. The Hall–Kier alpha value is -1.60. The fourth-order valence-corrected chi connectivity index (χ4v) is 7.62. The van der Waals surface area contributed by atoms with Crippen molar-refractivity contribution in [2.75, 3.05) is 11.1 Å². The van der Waals surface area contributed by atoms with Crippen LogP contribution >= 0.6 is 23.4 Å². The number of nitrogens with zero attached hydrogens (tertiary/aromatic N) is 3. The number of thioether (sulfide) groups is 1. The molecule has 31 heavy (non-hydrogen) atoms. The van der Waals surface area contributed by atoms with E-state index in [1.54, 1.807) is 0 Å². The van der Waals surface area contributed by atoms with Crippen molar-refractivity contribution < 1.29 is 9.18 Å². The van der Waals surface area contributed by atoms with Crippen molar-refractivity contribution >= 4 is 35.0 Å². The van der Waals surface area contributed by atoms with Crippen molar-refractivity contribution in [3.05, 3.63) is 34.9 Å². The van der Waals surface area contributed by atoms with Crippen LogP contribution in [0.15, 0.2) is 23.4 Å². The number of rotatable bonds is 7. The van der Waals surface area contributed by atoms with Crippen molar-refractivity contribution in [1.29, 1.82) is 0 Å². The van der Waals surface area contributed by atoms with Crippen LogP contribution < -0.4 is 5.32 Å². The molecule has 166 valence electrons. The fraction of sp³-hybridized carbons (Fsp3) is 0.609. The van der Waals surface area contributed by atoms with E-state index < -0.39 is 5.82 Å². The molecule has 4 fully saturated rings. The van der Waals surface area contributed by atoms with E-state index >= 15 is 0 Å². The lowest BCUT2D eigenvalue weighted by atomic mass is 9.49. The SMILES string of the molecule is CCn1c(CC23CC4CC(CC(C4)C2)C3)nnc1SCC(=O)Nc1ccc(F)c(Cl)c1. The molecule has 0 unspecified atom stereocenters. The Labute approximate surface area is 191 Å². The van der Waals surface area contributed by atoms with E-state index in [9.17, 15) is 9.18 Å². The molecule has 4 bridgehead atoms. The Bertz CT molecular complexity index is 959. The normalized spacial score (nSPS) is 28.8. The van der Waals surface area contributed by atoms with Gasteiger partial charge in [0.25, 0.3) is 0 Å². The van der Waals surface area contributed by atoms with Gasteiger partial charge in [0.05, 0.1) is 10.8 Å². The van der Waals surface area contributed by atoms with Gasteiger partial charge in [-0.25, -0.2) is 4.39 Å². The molecule has 2 aromatic rings. The second-order valence-electron chi connectivity index (χ2n) is 9.70. The summed E-state index contributed by atoms with van der Waals surface area (Å²) in [4.78, 5) is 12.4. The molecule has 0 aliphatic heterocycles. The van der Waals surface area contributed by atoms with Gasteiger partial charge < -0.3 is 9.88 Å². The summed E-state index contributed by atoms with van der Waals surface area (Å²) in [5.74, 6) is 3.35. The smallest absolute Gasteiger partial charge is 0.234 e. The average Bonchev–Trinajstić information content (AvgIpc) is 3.09. The highest BCUT2D eigenvalue weighted by molar-refractivity contribution is 7.99. The molecule has 4 aliphatic carbocycles. The standard InChI is InChI=1S/C23H28ClFN4OS/c1-2-29-20(12-23-9-14-5-15(10-23)7-16(6-14)11-23)27-28-22(29)31-13-21(30)26-17-3-4-19(25)18(24)8-17/h3-4,8,14-16H,2,5-7,9-13H2,1H3,(H,26,30). The van der Waals surface area contributed by atoms with Crippen LogP contribution in [0, 0.1) is 29.0 Å². The Morgan fingerprint density at radius 1 is 1.23 bits per heavy atom. The highest BCUT2D eigenvalue weighted by atomic mass is 35.5. The lowest BCUT2D eigenvalue weighted by Crippen LogP contribution is -2.47. The van der Waals surface area contributed by atoms with Gasteiger partial charge in [-0.15, -0.1) is 10.2 Å². The monoisotopic (exact) mass is 462 g/mol. The first kappa shape index (κ1) is 21.3. The maximum atomic E-state index is 13.3. The van der Waals surface area contributed by atoms with Gasteiger partial charge in [0, 0.05) is 18.7 Å². The number of amides is 1. The van der Waals surface area contributed by atoms with Gasteiger partial charge in [-0.1, -0.05) is 23.4 Å². The quantitative estimate of drug-likeness (QED) is 0.545. The zero-order chi connectivity index (χ0) is 21.6. The molecule has 1 aromatic heterocycles. The number of carbonyl (C=O) groups is 1. The van der Waals surface area contributed by atoms with E-state index in [-0.39, 0.29) is 16.7 Å². The van der Waals surface area contributed by atoms with Gasteiger partial charge in [-0.2, -0.15) is 0 Å². The van der Waals surface area contributed by atoms with E-state index in [0.29, 0.717) is 11.1 Å². The maximum absolute atomic E-state index is 13.3. The van der Waals surface area contributed by atoms with Crippen LogP contribution in [0.25, 0.3) is 0 Å². The van der Waals surface area contributed by atoms with Crippen LogP contribution in [0.2, 0.25) is 5.02 Å². The van der Waals surface area contributed by atoms with Crippen molar-refractivity contribution in [3.8, 4) is 0 Å². The highest BCUT2D eigenvalue weighted by Crippen LogP contribution is 2.61. The van der Waals surface area contributed by atoms with E-state index in [2.05, 4.69) is 27.0 Å². The summed E-state index contributed by atoms with van der Waals surface area (Å²) in [5.41, 5.74) is 0.895. The Kier molecular flexibility index (Phi) is 5.76. The van der Waals surface area contributed by atoms with Gasteiger partial charge in [-0.05, 0) is 86.8 Å². The molecule has 4 saturated carbocycles. The number of benzene rings is 1. The molecular formula is C23H28ClFN4OS. The molecule has 1 N–H and O–H groups in total. The summed E-state index contributed by atoms with van der Waals surface area (Å²) in [6.07, 6.45) is 9.37. The van der Waals surface area contributed by atoms with Crippen molar-refractivity contribution in [3.63, 3.8) is 0 Å². The van der Waals surface area contributed by atoms with Crippen LogP contribution in [0.3, 0.4) is 0 Å². The molecule has 1 amide bonds. The number of hydrogen-bond donors (Lipinski definition) is 1. The van der Waals surface area contributed by atoms with E-state index in [1.807, 2.05) is 0 Å². The first-order chi connectivity index (χ1) is 14.9. The van der Waals surface area contributed by atoms with Crippen molar-refractivity contribution in [1.82, 2.24) is 14.8 Å². The third-order valence-corrected chi connectivity index (χ3v) is 8.60. The molecule has 0 radical (unpaired) electrons. The molecule has 0 saturated heterocycles. The minimum absolute atomic E-state index is 0.00880. The third kappa shape index (κ3) is 4.36. The number of nitrogens with one attached hydrogen (secondary N) is 1. The highest BCUT2D eigenvalue weighted by Gasteiger charge is 2.51. The number of carbonyl (C=O) groups excluding carboxylic acids is 1. The summed E-state index contributed by atoms with van der Waals surface area (Å²) in [5, 5.41) is 12.5. The van der Waals surface area contributed by atoms with Crippen LogP contribution in [-0.2, 0) is 17.8 Å². The van der Waals surface area contributed by atoms with Gasteiger partial charge in [0.1, 0.15) is 11.6 Å². The molecule has 8 heteroatoms. The van der Waals surface area contributed by atoms with Gasteiger partial charge in [-0.3, -0.25) is 4.79 Å². The summed E-state index contributed by atoms with van der Waals surface area (Å²) >= 11 is 7.18. The zero-order valence-electron chi connectivity index (χ0n) is 17.7. The Balaban J connectivity index is 1.23. The van der Waals surface area contributed by atoms with E-state index in [1.165, 1.54) is 68.5 Å². The first-order valence-electron chi connectivity index (χ1n) is 11.2. The molecular weight excluding hydrogens is 435 g/mol. The topological polar surface area (TPSA) is 59.8 Å². The summed E-state index contributed by atoms with van der Waals surface area (Å²) in [6.45, 7) is 2.91. The molecule has 4 aliphatic rings. The Morgan fingerprint density at radius 3 is 2.52 bits per heavy atom. The maximum Gasteiger partial charge on any atom is 0.234 e. The number of aromatic nitrogens is 3. The van der Waals surface area contributed by atoms with Gasteiger partial charge in [0.2, 0.25) is 5.91 Å². The van der Waals surface area contributed by atoms with E-state index in [0.717, 1.165) is 41.7 Å². The fourth-order valence-electron chi connectivity index (χ4n) is 6.62. The van der Waals surface area contributed by atoms with Crippen LogP contribution in [0.4, 0.5) is 10.1 Å². The van der Waals surface area contributed by atoms with Gasteiger partial charge >= 0.3 is 0 Å². The molecule has 1 heterocycles. The Morgan fingerprint density at radius 2 is 1.90 bits per heavy atom. The third-order valence-electron chi connectivity index (χ3n) is 7.34. The number of hydrogen-bond acceptors (Lipinski definition) is 4. The second kappa shape index (κ2) is 8.39. The lowest BCUT2D eigenvalue weighted by Gasteiger charge is -2.56. The van der Waals surface area contributed by atoms with Crippen molar-refractivity contribution in [2.45, 2.75) is 63.6 Å². The predicted molar refractivity (Wildman–Crippen MR) is 121 cm³/mol. The second-order valence-corrected chi connectivity index (χ2v) is 11.1. The summed E-state index contributed by atoms with van der Waals surface area (Å²) in [6, 6.07) is 4.16. The molecule has 0 spiro atoms. The molecule has 6 rings (SSSR count). The number of anilines is 1. The van der Waals surface area contributed by atoms with Crippen LogP contribution in [0.5, 0.6) is 0 Å². The molecule has 0 atom stereocenters. The summed E-state index contributed by atoms with van der Waals surface area (Å²) in [7, 11) is 0. The lowest BCUT2D eigenvalue weighted by molar-refractivity contribution is -0.113. The van der Waals surface area contributed by atoms with Crippen LogP contribution in [-0.4, -0.2) is 26.4 Å². The van der Waals surface area contributed by atoms with Gasteiger partial charge in [0.15, 0.2) is 5.16 Å². The largest absolute Gasteiger partial charge is 0.325 e. The minimum atomic E-state index is -0.503. The predicted octanol–water partition coefficient (Wildman–Crippen LogP) is 5.58. The first-order valence-corrected chi connectivity index (χ1v) is 12.6. The molecule has 5 nitrogen and oxygen atoms in total. The summed E-state index contributed by atoms with van der Waals surface area (Å²) < 4.78 is 15.5. The zero-order valence-corrected chi connectivity index (χ0v) is 19.3. The number of halogens is 2. The minimum Gasteiger partial charge on any atom is -0.325 e. The average molecular weight is 463 g/mol. The van der Waals surface area contributed by atoms with Crippen LogP contribution in [0.1, 0.15) is 51.3 Å².